The third-order valence-electron chi connectivity index (χ3n) is 1.17. The molecular weight excluding hydrogens is 158 g/mol. The molecule has 0 atom stereocenters. The molecular formula is C8H7NO3. The summed E-state index contributed by atoms with van der Waals surface area (Å²) in [5.74, 6) is -0.327. The summed E-state index contributed by atoms with van der Waals surface area (Å²) in [5, 5.41) is 15.4. The van der Waals surface area contributed by atoms with Crippen LogP contribution in [0.4, 0.5) is 0 Å². The molecule has 4 heteroatoms. The van der Waals surface area contributed by atoms with Crippen LogP contribution >= 0.6 is 0 Å². The number of rotatable bonds is 2. The zero-order chi connectivity index (χ0) is 8.97. The standard InChI is InChI=1S/C8H7NO3/c9-5-8(11)12-7-3-1-6(10)2-4-7/h1-5,9-10H. The van der Waals surface area contributed by atoms with Gasteiger partial charge in [0.2, 0.25) is 0 Å². The number of hydrogen-bond acceptors (Lipinski definition) is 4. The fourth-order valence-corrected chi connectivity index (χ4v) is 0.660. The van der Waals surface area contributed by atoms with Crippen LogP contribution in [-0.4, -0.2) is 17.3 Å². The normalized spacial score (nSPS) is 9.00. The van der Waals surface area contributed by atoms with Gasteiger partial charge < -0.3 is 15.3 Å². The Morgan fingerprint density at radius 1 is 1.42 bits per heavy atom. The average molecular weight is 165 g/mol. The van der Waals surface area contributed by atoms with Crippen molar-refractivity contribution in [1.82, 2.24) is 0 Å². The number of benzene rings is 1. The maximum absolute atomic E-state index is 10.5. The molecule has 0 aliphatic rings. The van der Waals surface area contributed by atoms with Gasteiger partial charge in [-0.2, -0.15) is 0 Å². The van der Waals surface area contributed by atoms with Gasteiger partial charge in [-0.3, -0.25) is 0 Å². The van der Waals surface area contributed by atoms with E-state index >= 15 is 0 Å². The van der Waals surface area contributed by atoms with Crippen molar-refractivity contribution in [3.63, 3.8) is 0 Å². The van der Waals surface area contributed by atoms with Crippen molar-refractivity contribution in [3.05, 3.63) is 24.3 Å². The van der Waals surface area contributed by atoms with Crippen molar-refractivity contribution in [3.8, 4) is 11.5 Å². The van der Waals surface area contributed by atoms with E-state index in [1.807, 2.05) is 0 Å². The van der Waals surface area contributed by atoms with E-state index in [0.29, 0.717) is 12.0 Å². The first-order chi connectivity index (χ1) is 5.72. The van der Waals surface area contributed by atoms with E-state index < -0.39 is 5.97 Å². The molecule has 0 aliphatic carbocycles. The third kappa shape index (κ3) is 2.09. The van der Waals surface area contributed by atoms with E-state index in [9.17, 15) is 4.79 Å². The minimum atomic E-state index is -0.735. The van der Waals surface area contributed by atoms with Crippen molar-refractivity contribution >= 4 is 12.2 Å². The molecule has 0 spiro atoms. The summed E-state index contributed by atoms with van der Waals surface area (Å²) >= 11 is 0. The first-order valence-corrected chi connectivity index (χ1v) is 3.23. The lowest BCUT2D eigenvalue weighted by Crippen LogP contribution is -2.07. The maximum atomic E-state index is 10.5. The summed E-state index contributed by atoms with van der Waals surface area (Å²) < 4.78 is 4.63. The molecule has 0 saturated carbocycles. The minimum Gasteiger partial charge on any atom is -0.508 e. The molecule has 0 aliphatic heterocycles. The molecule has 1 rings (SSSR count). The lowest BCUT2D eigenvalue weighted by molar-refractivity contribution is -0.126. The van der Waals surface area contributed by atoms with Gasteiger partial charge in [-0.25, -0.2) is 4.79 Å². The fourth-order valence-electron chi connectivity index (χ4n) is 0.660. The van der Waals surface area contributed by atoms with Gasteiger partial charge >= 0.3 is 5.97 Å². The van der Waals surface area contributed by atoms with Crippen LogP contribution in [0.3, 0.4) is 0 Å². The van der Waals surface area contributed by atoms with E-state index in [-0.39, 0.29) is 5.75 Å². The lowest BCUT2D eigenvalue weighted by Gasteiger charge is -1.99. The Morgan fingerprint density at radius 2 is 2.00 bits per heavy atom. The van der Waals surface area contributed by atoms with E-state index in [0.717, 1.165) is 0 Å². The molecule has 0 unspecified atom stereocenters. The van der Waals surface area contributed by atoms with E-state index in [1.54, 1.807) is 0 Å². The maximum Gasteiger partial charge on any atom is 0.354 e. The number of esters is 1. The highest BCUT2D eigenvalue weighted by Gasteiger charge is 1.98. The molecule has 1 aromatic rings. The monoisotopic (exact) mass is 165 g/mol. The molecule has 4 nitrogen and oxygen atoms in total. The van der Waals surface area contributed by atoms with Crippen LogP contribution in [0.5, 0.6) is 11.5 Å². The Morgan fingerprint density at radius 3 is 2.50 bits per heavy atom. The van der Waals surface area contributed by atoms with Gasteiger partial charge in [0.1, 0.15) is 17.7 Å². The molecule has 0 heterocycles. The predicted molar refractivity (Wildman–Crippen MR) is 42.5 cm³/mol. The molecule has 0 amide bonds. The smallest absolute Gasteiger partial charge is 0.354 e. The van der Waals surface area contributed by atoms with Crippen molar-refractivity contribution in [2.45, 2.75) is 0 Å². The van der Waals surface area contributed by atoms with Crippen LogP contribution in [0.25, 0.3) is 0 Å². The average Bonchev–Trinajstić information content (AvgIpc) is 2.09. The molecule has 0 radical (unpaired) electrons. The van der Waals surface area contributed by atoms with Crippen LogP contribution in [-0.2, 0) is 4.79 Å². The number of nitrogens with one attached hydrogen (secondary N) is 1. The van der Waals surface area contributed by atoms with E-state index in [4.69, 9.17) is 10.5 Å². The van der Waals surface area contributed by atoms with Crippen molar-refractivity contribution in [2.24, 2.45) is 0 Å². The SMILES string of the molecule is N=CC(=O)Oc1ccc(O)cc1. The molecule has 0 aromatic heterocycles. The first-order valence-electron chi connectivity index (χ1n) is 3.23. The molecule has 0 bridgehead atoms. The van der Waals surface area contributed by atoms with Gasteiger partial charge in [0.05, 0.1) is 0 Å². The molecule has 12 heavy (non-hydrogen) atoms. The predicted octanol–water partition coefficient (Wildman–Crippen LogP) is 0.947. The van der Waals surface area contributed by atoms with Gasteiger partial charge in [-0.1, -0.05) is 0 Å². The Hall–Kier alpha value is -1.84. The summed E-state index contributed by atoms with van der Waals surface area (Å²) in [5.41, 5.74) is 0. The van der Waals surface area contributed by atoms with Crippen LogP contribution in [0, 0.1) is 5.41 Å². The largest absolute Gasteiger partial charge is 0.508 e. The molecule has 0 saturated heterocycles. The Balaban J connectivity index is 2.71. The zero-order valence-corrected chi connectivity index (χ0v) is 6.15. The van der Waals surface area contributed by atoms with Crippen LogP contribution < -0.4 is 4.74 Å². The minimum absolute atomic E-state index is 0.102. The van der Waals surface area contributed by atoms with Gasteiger partial charge in [0, 0.05) is 0 Å². The first kappa shape index (κ1) is 8.26. The summed E-state index contributed by atoms with van der Waals surface area (Å²) in [6.07, 6.45) is 0.576. The molecule has 0 fully saturated rings. The van der Waals surface area contributed by atoms with Crippen LogP contribution in [0.15, 0.2) is 24.3 Å². The van der Waals surface area contributed by atoms with Crippen molar-refractivity contribution in [1.29, 1.82) is 5.41 Å². The third-order valence-corrected chi connectivity index (χ3v) is 1.17. The highest BCUT2D eigenvalue weighted by molar-refractivity contribution is 6.22. The number of aromatic hydroxyl groups is 1. The second kappa shape index (κ2) is 3.52. The molecule has 1 aromatic carbocycles. The highest BCUT2D eigenvalue weighted by atomic mass is 16.5. The second-order valence-corrected chi connectivity index (χ2v) is 2.06. The van der Waals surface area contributed by atoms with Gasteiger partial charge in [0.25, 0.3) is 0 Å². The lowest BCUT2D eigenvalue weighted by atomic mass is 10.3. The number of phenols is 1. The molecule has 2 N–H and O–H groups in total. The Labute approximate surface area is 68.9 Å². The van der Waals surface area contributed by atoms with Crippen LogP contribution in [0.2, 0.25) is 0 Å². The highest BCUT2D eigenvalue weighted by Crippen LogP contribution is 2.15. The topological polar surface area (TPSA) is 70.4 Å². The Kier molecular flexibility index (Phi) is 2.42. The van der Waals surface area contributed by atoms with E-state index in [2.05, 4.69) is 4.74 Å². The summed E-state index contributed by atoms with van der Waals surface area (Å²) in [7, 11) is 0. The summed E-state index contributed by atoms with van der Waals surface area (Å²) in [6, 6.07) is 5.67. The molecule has 62 valence electrons. The summed E-state index contributed by atoms with van der Waals surface area (Å²) in [6.45, 7) is 0. The number of carbonyl (C=O) groups excluding carboxylic acids is 1. The number of hydrogen-bond donors (Lipinski definition) is 2. The van der Waals surface area contributed by atoms with E-state index in [1.165, 1.54) is 24.3 Å². The fraction of sp³-hybridized carbons (Fsp3) is 0. The van der Waals surface area contributed by atoms with Crippen molar-refractivity contribution < 1.29 is 14.6 Å². The van der Waals surface area contributed by atoms with Gasteiger partial charge in [-0.15, -0.1) is 0 Å². The Bertz CT molecular complexity index is 292. The zero-order valence-electron chi connectivity index (χ0n) is 6.15. The van der Waals surface area contributed by atoms with Crippen LogP contribution in [0.1, 0.15) is 0 Å². The number of ether oxygens (including phenoxy) is 1. The van der Waals surface area contributed by atoms with Crippen molar-refractivity contribution in [2.75, 3.05) is 0 Å². The van der Waals surface area contributed by atoms with Gasteiger partial charge in [-0.05, 0) is 24.3 Å². The number of phenolic OH excluding ortho intramolecular Hbond substituents is 1. The quantitative estimate of drug-likeness (QED) is 0.389. The summed E-state index contributed by atoms with van der Waals surface area (Å²) in [4.78, 5) is 10.5. The number of carbonyl (C=O) groups is 1. The second-order valence-electron chi connectivity index (χ2n) is 2.06. The van der Waals surface area contributed by atoms with Gasteiger partial charge in [0.15, 0.2) is 0 Å².